The molecule has 2 aromatic rings. The molecular formula is C13H16N6O2. The number of rotatable bonds is 4. The number of anilines is 1. The van der Waals surface area contributed by atoms with Gasteiger partial charge in [-0.3, -0.25) is 9.48 Å². The molecule has 0 spiro atoms. The van der Waals surface area contributed by atoms with Crippen molar-refractivity contribution < 1.29 is 9.53 Å². The third kappa shape index (κ3) is 2.21. The highest BCUT2D eigenvalue weighted by molar-refractivity contribution is 6.02. The minimum atomic E-state index is -0.253. The van der Waals surface area contributed by atoms with Gasteiger partial charge in [-0.2, -0.15) is 5.10 Å². The van der Waals surface area contributed by atoms with Crippen LogP contribution >= 0.6 is 0 Å². The van der Waals surface area contributed by atoms with Gasteiger partial charge in [0.05, 0.1) is 37.0 Å². The standard InChI is InChI=1S/C13H16N6O2/c1-18-12(8-2-3-8)10(4-14-18)15-13(20)11-5-19(17-16-11)9-6-21-7-9/h4-5,8-9H,2-3,6-7H2,1H3,(H,15,20). The second-order valence-electron chi connectivity index (χ2n) is 5.57. The first-order chi connectivity index (χ1) is 10.2. The highest BCUT2D eigenvalue weighted by atomic mass is 16.5. The Balaban J connectivity index is 1.51. The molecule has 0 unspecified atom stereocenters. The molecule has 8 nitrogen and oxygen atoms in total. The van der Waals surface area contributed by atoms with Crippen LogP contribution in [-0.2, 0) is 11.8 Å². The zero-order valence-electron chi connectivity index (χ0n) is 11.7. The smallest absolute Gasteiger partial charge is 0.277 e. The van der Waals surface area contributed by atoms with Crippen LogP contribution in [0.25, 0.3) is 0 Å². The average molecular weight is 288 g/mol. The van der Waals surface area contributed by atoms with Crippen LogP contribution in [0.15, 0.2) is 12.4 Å². The fraction of sp³-hybridized carbons (Fsp3) is 0.538. The quantitative estimate of drug-likeness (QED) is 0.895. The molecule has 2 aromatic heterocycles. The monoisotopic (exact) mass is 288 g/mol. The topological polar surface area (TPSA) is 86.9 Å². The summed E-state index contributed by atoms with van der Waals surface area (Å²) in [5.41, 5.74) is 2.17. The van der Waals surface area contributed by atoms with Crippen molar-refractivity contribution in [2.24, 2.45) is 7.05 Å². The summed E-state index contributed by atoms with van der Waals surface area (Å²) < 4.78 is 8.62. The predicted octanol–water partition coefficient (Wildman–Crippen LogP) is 0.713. The average Bonchev–Trinajstić information content (AvgIpc) is 3.00. The van der Waals surface area contributed by atoms with Crippen molar-refractivity contribution in [3.05, 3.63) is 23.8 Å². The van der Waals surface area contributed by atoms with Gasteiger partial charge < -0.3 is 10.1 Å². The summed E-state index contributed by atoms with van der Waals surface area (Å²) in [7, 11) is 1.90. The van der Waals surface area contributed by atoms with Gasteiger partial charge in [-0.15, -0.1) is 5.10 Å². The fourth-order valence-electron chi connectivity index (χ4n) is 2.51. The van der Waals surface area contributed by atoms with Crippen LogP contribution in [0, 0.1) is 0 Å². The Kier molecular flexibility index (Phi) is 2.78. The van der Waals surface area contributed by atoms with Crippen LogP contribution < -0.4 is 5.32 Å². The molecule has 1 saturated carbocycles. The minimum Gasteiger partial charge on any atom is -0.377 e. The minimum absolute atomic E-state index is 0.194. The summed E-state index contributed by atoms with van der Waals surface area (Å²) in [6, 6.07) is 0.194. The summed E-state index contributed by atoms with van der Waals surface area (Å²) in [6.45, 7) is 1.25. The number of amides is 1. The number of ether oxygens (including phenoxy) is 1. The van der Waals surface area contributed by atoms with E-state index in [0.29, 0.717) is 24.8 Å². The molecule has 3 heterocycles. The molecule has 1 aliphatic heterocycles. The van der Waals surface area contributed by atoms with E-state index in [0.717, 1.165) is 24.2 Å². The molecule has 1 amide bonds. The highest BCUT2D eigenvalue weighted by Crippen LogP contribution is 2.43. The Bertz CT molecular complexity index is 683. The zero-order chi connectivity index (χ0) is 14.4. The summed E-state index contributed by atoms with van der Waals surface area (Å²) in [5, 5.41) is 15.0. The Labute approximate surface area is 121 Å². The molecule has 1 N–H and O–H groups in total. The van der Waals surface area contributed by atoms with Crippen molar-refractivity contribution >= 4 is 11.6 Å². The maximum absolute atomic E-state index is 12.3. The first-order valence-electron chi connectivity index (χ1n) is 7.05. The maximum atomic E-state index is 12.3. The Morgan fingerprint density at radius 3 is 2.90 bits per heavy atom. The third-order valence-electron chi connectivity index (χ3n) is 3.93. The van der Waals surface area contributed by atoms with E-state index in [4.69, 9.17) is 4.74 Å². The number of nitrogens with zero attached hydrogens (tertiary/aromatic N) is 5. The van der Waals surface area contributed by atoms with E-state index >= 15 is 0 Å². The summed E-state index contributed by atoms with van der Waals surface area (Å²) in [6.07, 6.45) is 5.66. The van der Waals surface area contributed by atoms with Crippen LogP contribution in [0.1, 0.15) is 41.0 Å². The van der Waals surface area contributed by atoms with E-state index in [2.05, 4.69) is 20.7 Å². The number of aromatic nitrogens is 5. The molecule has 0 atom stereocenters. The van der Waals surface area contributed by atoms with Gasteiger partial charge in [0.1, 0.15) is 6.04 Å². The van der Waals surface area contributed by atoms with Crippen molar-refractivity contribution in [2.75, 3.05) is 18.5 Å². The Morgan fingerprint density at radius 1 is 1.43 bits per heavy atom. The van der Waals surface area contributed by atoms with Gasteiger partial charge in [-0.05, 0) is 12.8 Å². The van der Waals surface area contributed by atoms with Crippen LogP contribution in [0.4, 0.5) is 5.69 Å². The van der Waals surface area contributed by atoms with E-state index in [-0.39, 0.29) is 11.9 Å². The number of hydrogen-bond donors (Lipinski definition) is 1. The van der Waals surface area contributed by atoms with Crippen molar-refractivity contribution in [1.82, 2.24) is 24.8 Å². The normalized spacial score (nSPS) is 18.5. The molecule has 1 aliphatic carbocycles. The summed E-state index contributed by atoms with van der Waals surface area (Å²) in [4.78, 5) is 12.3. The Morgan fingerprint density at radius 2 is 2.24 bits per heavy atom. The van der Waals surface area contributed by atoms with Crippen molar-refractivity contribution in [2.45, 2.75) is 24.8 Å². The van der Waals surface area contributed by atoms with Crippen molar-refractivity contribution in [3.63, 3.8) is 0 Å². The van der Waals surface area contributed by atoms with Gasteiger partial charge in [0.15, 0.2) is 5.69 Å². The number of carbonyl (C=O) groups is 1. The molecule has 2 fully saturated rings. The first kappa shape index (κ1) is 12.5. The van der Waals surface area contributed by atoms with Crippen LogP contribution in [0.5, 0.6) is 0 Å². The number of nitrogens with one attached hydrogen (secondary N) is 1. The van der Waals surface area contributed by atoms with Crippen LogP contribution in [0.2, 0.25) is 0 Å². The molecule has 0 radical (unpaired) electrons. The SMILES string of the molecule is Cn1ncc(NC(=O)c2cn(C3COC3)nn2)c1C1CC1. The molecule has 0 bridgehead atoms. The highest BCUT2D eigenvalue weighted by Gasteiger charge is 2.30. The van der Waals surface area contributed by atoms with Crippen LogP contribution in [0.3, 0.4) is 0 Å². The molecular weight excluding hydrogens is 272 g/mol. The molecule has 2 aliphatic rings. The predicted molar refractivity (Wildman–Crippen MR) is 73.0 cm³/mol. The lowest BCUT2D eigenvalue weighted by molar-refractivity contribution is -0.0293. The van der Waals surface area contributed by atoms with Crippen molar-refractivity contribution in [1.29, 1.82) is 0 Å². The van der Waals surface area contributed by atoms with Gasteiger partial charge >= 0.3 is 0 Å². The zero-order valence-corrected chi connectivity index (χ0v) is 11.7. The molecule has 21 heavy (non-hydrogen) atoms. The van der Waals surface area contributed by atoms with Crippen LogP contribution in [-0.4, -0.2) is 43.9 Å². The molecule has 1 saturated heterocycles. The molecule has 110 valence electrons. The van der Waals surface area contributed by atoms with E-state index < -0.39 is 0 Å². The number of hydrogen-bond acceptors (Lipinski definition) is 5. The van der Waals surface area contributed by atoms with E-state index in [1.54, 1.807) is 17.1 Å². The lowest BCUT2D eigenvalue weighted by Gasteiger charge is -2.25. The summed E-state index contributed by atoms with van der Waals surface area (Å²) in [5.74, 6) is 0.256. The van der Waals surface area contributed by atoms with Gasteiger partial charge in [0.2, 0.25) is 0 Å². The summed E-state index contributed by atoms with van der Waals surface area (Å²) >= 11 is 0. The van der Waals surface area contributed by atoms with E-state index in [9.17, 15) is 4.79 Å². The number of carbonyl (C=O) groups excluding carboxylic acids is 1. The third-order valence-corrected chi connectivity index (χ3v) is 3.93. The fourth-order valence-corrected chi connectivity index (χ4v) is 2.51. The largest absolute Gasteiger partial charge is 0.377 e. The molecule has 0 aromatic carbocycles. The number of aryl methyl sites for hydroxylation is 1. The maximum Gasteiger partial charge on any atom is 0.277 e. The second-order valence-corrected chi connectivity index (χ2v) is 5.57. The Hall–Kier alpha value is -2.22. The molecule has 4 rings (SSSR count). The first-order valence-corrected chi connectivity index (χ1v) is 7.05. The van der Waals surface area contributed by atoms with E-state index in [1.807, 2.05) is 11.7 Å². The van der Waals surface area contributed by atoms with Gasteiger partial charge in [-0.1, -0.05) is 5.21 Å². The lowest BCUT2D eigenvalue weighted by Crippen LogP contribution is -2.31. The van der Waals surface area contributed by atoms with Gasteiger partial charge in [-0.25, -0.2) is 4.68 Å². The van der Waals surface area contributed by atoms with Crippen molar-refractivity contribution in [3.8, 4) is 0 Å². The van der Waals surface area contributed by atoms with E-state index in [1.165, 1.54) is 0 Å². The van der Waals surface area contributed by atoms with Gasteiger partial charge in [0.25, 0.3) is 5.91 Å². The molecule has 8 heteroatoms. The second kappa shape index (κ2) is 4.66. The van der Waals surface area contributed by atoms with Gasteiger partial charge in [0, 0.05) is 13.0 Å². The lowest BCUT2D eigenvalue weighted by atomic mass is 10.2.